The van der Waals surface area contributed by atoms with E-state index in [2.05, 4.69) is 39.8 Å². The number of nitrogens with one attached hydrogen (secondary N) is 1. The topological polar surface area (TPSA) is 54.9 Å². The van der Waals surface area contributed by atoms with Crippen molar-refractivity contribution in [3.63, 3.8) is 0 Å². The summed E-state index contributed by atoms with van der Waals surface area (Å²) in [5, 5.41) is 10.9. The van der Waals surface area contributed by atoms with Gasteiger partial charge in [-0.05, 0) is 11.1 Å². The van der Waals surface area contributed by atoms with Gasteiger partial charge >= 0.3 is 0 Å². The third-order valence-corrected chi connectivity index (χ3v) is 4.01. The van der Waals surface area contributed by atoms with E-state index in [1.807, 2.05) is 36.4 Å². The van der Waals surface area contributed by atoms with Crippen LogP contribution in [0.15, 0.2) is 66.2 Å². The normalized spacial score (nSPS) is 10.1. The summed E-state index contributed by atoms with van der Waals surface area (Å²) in [7, 11) is 0. The summed E-state index contributed by atoms with van der Waals surface area (Å²) in [6.07, 6.45) is 0.369. The highest BCUT2D eigenvalue weighted by Crippen LogP contribution is 2.28. The molecule has 0 aliphatic heterocycles. The summed E-state index contributed by atoms with van der Waals surface area (Å²) in [5.74, 6) is -0.0372. The smallest absolute Gasteiger partial charge is 0.227 e. The second-order valence-electron chi connectivity index (χ2n) is 4.87. The van der Waals surface area contributed by atoms with Gasteiger partial charge in [0.15, 0.2) is 0 Å². The SMILES string of the molecule is Cl.O=C(CC(c1ccccc1)c1ccccc1)Nc1nncs1. The van der Waals surface area contributed by atoms with Crippen LogP contribution >= 0.6 is 23.7 Å². The Kier molecular flexibility index (Phi) is 6.26. The summed E-state index contributed by atoms with van der Waals surface area (Å²) in [6, 6.07) is 20.1. The van der Waals surface area contributed by atoms with E-state index in [0.717, 1.165) is 11.1 Å². The number of carbonyl (C=O) groups excluding carboxylic acids is 1. The molecule has 4 nitrogen and oxygen atoms in total. The highest BCUT2D eigenvalue weighted by Gasteiger charge is 2.18. The van der Waals surface area contributed by atoms with Crippen molar-refractivity contribution in [3.05, 3.63) is 77.3 Å². The predicted octanol–water partition coefficient (Wildman–Crippen LogP) is 4.12. The molecule has 1 amide bonds. The standard InChI is InChI=1S/C17H15N3OS.ClH/c21-16(19-17-20-18-12-22-17)11-15(13-7-3-1-4-8-13)14-9-5-2-6-10-14;/h1-10,12,15H,11H2,(H,19,20,21);1H. The molecule has 0 bridgehead atoms. The molecule has 0 aliphatic rings. The Bertz CT molecular complexity index is 681. The van der Waals surface area contributed by atoms with Crippen molar-refractivity contribution in [1.82, 2.24) is 10.2 Å². The molecule has 3 aromatic rings. The fourth-order valence-corrected chi connectivity index (χ4v) is 2.84. The van der Waals surface area contributed by atoms with Gasteiger partial charge in [0.1, 0.15) is 5.51 Å². The average molecular weight is 346 g/mol. The van der Waals surface area contributed by atoms with Gasteiger partial charge in [-0.25, -0.2) is 0 Å². The molecular weight excluding hydrogens is 330 g/mol. The molecule has 118 valence electrons. The Balaban J connectivity index is 0.00000192. The number of nitrogens with zero attached hydrogens (tertiary/aromatic N) is 2. The maximum atomic E-state index is 12.3. The maximum Gasteiger partial charge on any atom is 0.227 e. The molecule has 0 radical (unpaired) electrons. The van der Waals surface area contributed by atoms with Crippen LogP contribution in [0.25, 0.3) is 0 Å². The summed E-state index contributed by atoms with van der Waals surface area (Å²) >= 11 is 1.32. The lowest BCUT2D eigenvalue weighted by molar-refractivity contribution is -0.116. The van der Waals surface area contributed by atoms with Gasteiger partial charge in [-0.3, -0.25) is 4.79 Å². The van der Waals surface area contributed by atoms with Crippen molar-refractivity contribution in [2.24, 2.45) is 0 Å². The van der Waals surface area contributed by atoms with Gasteiger partial charge in [0.25, 0.3) is 0 Å². The lowest BCUT2D eigenvalue weighted by Gasteiger charge is -2.17. The highest BCUT2D eigenvalue weighted by atomic mass is 35.5. The molecule has 0 unspecified atom stereocenters. The van der Waals surface area contributed by atoms with Gasteiger partial charge in [0, 0.05) is 12.3 Å². The van der Waals surface area contributed by atoms with E-state index in [1.54, 1.807) is 5.51 Å². The molecule has 1 N–H and O–H groups in total. The van der Waals surface area contributed by atoms with Crippen LogP contribution in [-0.4, -0.2) is 16.1 Å². The first-order valence-corrected chi connectivity index (χ1v) is 7.87. The Morgan fingerprint density at radius 1 is 1.00 bits per heavy atom. The fourth-order valence-electron chi connectivity index (χ4n) is 2.38. The number of anilines is 1. The number of halogens is 1. The van der Waals surface area contributed by atoms with Gasteiger partial charge in [-0.2, -0.15) is 0 Å². The first kappa shape index (κ1) is 17.1. The van der Waals surface area contributed by atoms with Crippen LogP contribution in [0.5, 0.6) is 0 Å². The van der Waals surface area contributed by atoms with E-state index in [4.69, 9.17) is 0 Å². The summed E-state index contributed by atoms with van der Waals surface area (Å²) in [6.45, 7) is 0. The number of amides is 1. The van der Waals surface area contributed by atoms with Crippen LogP contribution in [0.2, 0.25) is 0 Å². The van der Waals surface area contributed by atoms with E-state index in [1.165, 1.54) is 11.3 Å². The van der Waals surface area contributed by atoms with Gasteiger partial charge in [-0.15, -0.1) is 22.6 Å². The monoisotopic (exact) mass is 345 g/mol. The highest BCUT2D eigenvalue weighted by molar-refractivity contribution is 7.13. The zero-order chi connectivity index (χ0) is 15.2. The molecule has 2 aromatic carbocycles. The summed E-state index contributed by atoms with van der Waals surface area (Å²) in [4.78, 5) is 12.3. The minimum atomic E-state index is -0.0607. The summed E-state index contributed by atoms with van der Waals surface area (Å²) in [5.41, 5.74) is 3.85. The molecule has 23 heavy (non-hydrogen) atoms. The van der Waals surface area contributed by atoms with Gasteiger partial charge < -0.3 is 5.32 Å². The number of hydrogen-bond donors (Lipinski definition) is 1. The van der Waals surface area contributed by atoms with Crippen molar-refractivity contribution in [1.29, 1.82) is 0 Å². The molecule has 1 heterocycles. The predicted molar refractivity (Wildman–Crippen MR) is 95.1 cm³/mol. The lowest BCUT2D eigenvalue weighted by Crippen LogP contribution is -2.16. The quantitative estimate of drug-likeness (QED) is 0.756. The van der Waals surface area contributed by atoms with Crippen molar-refractivity contribution in [3.8, 4) is 0 Å². The van der Waals surface area contributed by atoms with E-state index < -0.39 is 0 Å². The zero-order valence-corrected chi connectivity index (χ0v) is 13.9. The van der Waals surface area contributed by atoms with Crippen LogP contribution in [-0.2, 0) is 4.79 Å². The van der Waals surface area contributed by atoms with Crippen LogP contribution in [0, 0.1) is 0 Å². The third kappa shape index (κ3) is 4.61. The zero-order valence-electron chi connectivity index (χ0n) is 12.3. The Hall–Kier alpha value is -2.24. The van der Waals surface area contributed by atoms with Gasteiger partial charge in [-0.1, -0.05) is 72.0 Å². The largest absolute Gasteiger partial charge is 0.301 e. The number of carbonyl (C=O) groups is 1. The maximum absolute atomic E-state index is 12.3. The summed E-state index contributed by atoms with van der Waals surface area (Å²) < 4.78 is 0. The van der Waals surface area contributed by atoms with Crippen molar-refractivity contribution < 1.29 is 4.79 Å². The molecule has 0 aliphatic carbocycles. The van der Waals surface area contributed by atoms with Crippen LogP contribution in [0.4, 0.5) is 5.13 Å². The molecule has 1 aromatic heterocycles. The van der Waals surface area contributed by atoms with E-state index >= 15 is 0 Å². The van der Waals surface area contributed by atoms with E-state index in [-0.39, 0.29) is 24.2 Å². The van der Waals surface area contributed by atoms with Gasteiger partial charge in [0.2, 0.25) is 11.0 Å². The van der Waals surface area contributed by atoms with Crippen molar-refractivity contribution >= 4 is 34.8 Å². The molecule has 0 saturated heterocycles. The minimum Gasteiger partial charge on any atom is -0.301 e. The lowest BCUT2D eigenvalue weighted by atomic mass is 9.88. The average Bonchev–Trinajstić information content (AvgIpc) is 3.07. The first-order chi connectivity index (χ1) is 10.8. The second kappa shape index (κ2) is 8.41. The molecule has 6 heteroatoms. The van der Waals surface area contributed by atoms with Gasteiger partial charge in [0.05, 0.1) is 0 Å². The molecule has 0 atom stereocenters. The Morgan fingerprint density at radius 3 is 2.04 bits per heavy atom. The molecule has 0 saturated carbocycles. The molecule has 0 fully saturated rings. The minimum absolute atomic E-state index is 0. The molecule has 0 spiro atoms. The molecule has 3 rings (SSSR count). The number of aromatic nitrogens is 2. The first-order valence-electron chi connectivity index (χ1n) is 6.99. The molecular formula is C17H16ClN3OS. The number of hydrogen-bond acceptors (Lipinski definition) is 4. The van der Waals surface area contributed by atoms with E-state index in [9.17, 15) is 4.79 Å². The van der Waals surface area contributed by atoms with Crippen molar-refractivity contribution in [2.45, 2.75) is 12.3 Å². The number of rotatable bonds is 5. The van der Waals surface area contributed by atoms with Crippen LogP contribution < -0.4 is 5.32 Å². The van der Waals surface area contributed by atoms with Crippen LogP contribution in [0.3, 0.4) is 0 Å². The van der Waals surface area contributed by atoms with E-state index in [0.29, 0.717) is 11.6 Å². The van der Waals surface area contributed by atoms with Crippen LogP contribution in [0.1, 0.15) is 23.5 Å². The third-order valence-electron chi connectivity index (χ3n) is 3.40. The Morgan fingerprint density at radius 2 is 1.57 bits per heavy atom. The fraction of sp³-hybridized carbons (Fsp3) is 0.118. The Labute approximate surface area is 145 Å². The second-order valence-corrected chi connectivity index (χ2v) is 5.70. The van der Waals surface area contributed by atoms with Crippen molar-refractivity contribution in [2.75, 3.05) is 5.32 Å². The number of benzene rings is 2.